The lowest BCUT2D eigenvalue weighted by Gasteiger charge is -2.08. The van der Waals surface area contributed by atoms with Gasteiger partial charge in [0.1, 0.15) is 5.69 Å². The summed E-state index contributed by atoms with van der Waals surface area (Å²) >= 11 is 0. The first kappa shape index (κ1) is 12.9. The summed E-state index contributed by atoms with van der Waals surface area (Å²) in [5.74, 6) is -0.283. The van der Waals surface area contributed by atoms with Crippen LogP contribution >= 0.6 is 0 Å². The van der Waals surface area contributed by atoms with E-state index in [2.05, 4.69) is 10.3 Å². The molecule has 0 spiro atoms. The highest BCUT2D eigenvalue weighted by Gasteiger charge is 2.30. The average molecular weight is 280 g/mol. The van der Waals surface area contributed by atoms with Crippen molar-refractivity contribution in [1.29, 1.82) is 0 Å². The predicted molar refractivity (Wildman–Crippen MR) is 67.2 cm³/mol. The van der Waals surface area contributed by atoms with Crippen molar-refractivity contribution >= 4 is 16.8 Å². The molecule has 6 heteroatoms. The van der Waals surface area contributed by atoms with Crippen LogP contribution in [-0.4, -0.2) is 16.9 Å². The van der Waals surface area contributed by atoms with Gasteiger partial charge in [0.25, 0.3) is 5.91 Å². The Morgan fingerprint density at radius 3 is 2.60 bits per heavy atom. The Bertz CT molecular complexity index is 678. The second-order valence-electron chi connectivity index (χ2n) is 4.85. The quantitative estimate of drug-likeness (QED) is 0.918. The van der Waals surface area contributed by atoms with Crippen LogP contribution in [0.5, 0.6) is 0 Å². The Labute approximate surface area is 112 Å². The number of nitrogens with one attached hydrogen (secondary N) is 1. The first-order chi connectivity index (χ1) is 9.43. The number of hydrogen-bond acceptors (Lipinski definition) is 2. The third-order valence-corrected chi connectivity index (χ3v) is 3.16. The van der Waals surface area contributed by atoms with E-state index in [1.54, 1.807) is 0 Å². The van der Waals surface area contributed by atoms with E-state index < -0.39 is 11.7 Å². The topological polar surface area (TPSA) is 42.0 Å². The number of fused-ring (bicyclic) bond motifs is 1. The summed E-state index contributed by atoms with van der Waals surface area (Å²) in [6, 6.07) is 6.43. The van der Waals surface area contributed by atoms with E-state index in [-0.39, 0.29) is 17.6 Å². The molecular weight excluding hydrogens is 269 g/mol. The zero-order valence-corrected chi connectivity index (χ0v) is 10.4. The summed E-state index contributed by atoms with van der Waals surface area (Å²) in [5, 5.41) is 3.15. The van der Waals surface area contributed by atoms with Crippen LogP contribution in [-0.2, 0) is 6.18 Å². The van der Waals surface area contributed by atoms with E-state index >= 15 is 0 Å². The molecule has 1 aromatic heterocycles. The number of carbonyl (C=O) groups excluding carboxylic acids is 1. The summed E-state index contributed by atoms with van der Waals surface area (Å²) in [4.78, 5) is 15.9. The Kier molecular flexibility index (Phi) is 2.88. The van der Waals surface area contributed by atoms with Crippen LogP contribution in [0.2, 0.25) is 0 Å². The van der Waals surface area contributed by atoms with Crippen molar-refractivity contribution in [3.05, 3.63) is 41.6 Å². The van der Waals surface area contributed by atoms with Crippen LogP contribution in [0.1, 0.15) is 28.9 Å². The number of aromatic nitrogens is 1. The smallest absolute Gasteiger partial charge is 0.348 e. The van der Waals surface area contributed by atoms with Gasteiger partial charge in [0, 0.05) is 11.4 Å². The highest BCUT2D eigenvalue weighted by molar-refractivity contribution is 5.95. The second kappa shape index (κ2) is 4.47. The Hall–Kier alpha value is -2.11. The Balaban J connectivity index is 1.93. The number of hydrogen-bond donors (Lipinski definition) is 1. The maximum Gasteiger partial charge on any atom is 0.416 e. The fourth-order valence-corrected chi connectivity index (χ4v) is 1.92. The monoisotopic (exact) mass is 280 g/mol. The highest BCUT2D eigenvalue weighted by Crippen LogP contribution is 2.31. The number of rotatable bonds is 2. The molecule has 1 amide bonds. The van der Waals surface area contributed by atoms with Crippen LogP contribution in [0.3, 0.4) is 0 Å². The number of benzene rings is 1. The number of halogens is 3. The van der Waals surface area contributed by atoms with Crippen molar-refractivity contribution < 1.29 is 18.0 Å². The average Bonchev–Trinajstić information content (AvgIpc) is 3.20. The van der Waals surface area contributed by atoms with Gasteiger partial charge < -0.3 is 5.32 Å². The summed E-state index contributed by atoms with van der Waals surface area (Å²) in [6.07, 6.45) is -2.45. The zero-order valence-electron chi connectivity index (χ0n) is 10.4. The van der Waals surface area contributed by atoms with Crippen molar-refractivity contribution in [3.63, 3.8) is 0 Å². The Morgan fingerprint density at radius 2 is 1.95 bits per heavy atom. The number of amides is 1. The second-order valence-corrected chi connectivity index (χ2v) is 4.85. The maximum atomic E-state index is 12.6. The molecule has 0 aliphatic heterocycles. The number of alkyl halides is 3. The van der Waals surface area contributed by atoms with Gasteiger partial charge in [0.05, 0.1) is 11.1 Å². The van der Waals surface area contributed by atoms with E-state index in [1.165, 1.54) is 18.2 Å². The summed E-state index contributed by atoms with van der Waals surface area (Å²) < 4.78 is 37.8. The molecule has 0 radical (unpaired) electrons. The first-order valence-corrected chi connectivity index (χ1v) is 6.22. The number of pyridine rings is 1. The molecule has 0 unspecified atom stereocenters. The fraction of sp³-hybridized carbons (Fsp3) is 0.286. The Morgan fingerprint density at radius 1 is 1.20 bits per heavy atom. The van der Waals surface area contributed by atoms with Crippen molar-refractivity contribution in [2.75, 3.05) is 0 Å². The van der Waals surface area contributed by atoms with Gasteiger partial charge in [-0.3, -0.25) is 4.79 Å². The van der Waals surface area contributed by atoms with Crippen LogP contribution in [0.15, 0.2) is 30.3 Å². The van der Waals surface area contributed by atoms with E-state index in [0.29, 0.717) is 10.9 Å². The molecule has 0 atom stereocenters. The minimum absolute atomic E-state index is 0.215. The molecule has 0 saturated heterocycles. The van der Waals surface area contributed by atoms with Crippen LogP contribution in [0, 0.1) is 0 Å². The molecule has 1 fully saturated rings. The molecule has 1 aliphatic carbocycles. The van der Waals surface area contributed by atoms with Crippen LogP contribution in [0.4, 0.5) is 13.2 Å². The van der Waals surface area contributed by atoms with Gasteiger partial charge >= 0.3 is 6.18 Å². The summed E-state index contributed by atoms with van der Waals surface area (Å²) in [6.45, 7) is 0. The maximum absolute atomic E-state index is 12.6. The third kappa shape index (κ3) is 2.59. The van der Waals surface area contributed by atoms with Crippen molar-refractivity contribution in [2.45, 2.75) is 25.1 Å². The lowest BCUT2D eigenvalue weighted by molar-refractivity contribution is -0.137. The minimum atomic E-state index is -4.38. The summed E-state index contributed by atoms with van der Waals surface area (Å²) in [5.41, 5.74) is -0.118. The molecule has 20 heavy (non-hydrogen) atoms. The molecule has 0 bridgehead atoms. The lowest BCUT2D eigenvalue weighted by Crippen LogP contribution is -2.26. The zero-order chi connectivity index (χ0) is 14.3. The van der Waals surface area contributed by atoms with Gasteiger partial charge in [-0.15, -0.1) is 0 Å². The van der Waals surface area contributed by atoms with E-state index in [0.717, 1.165) is 25.0 Å². The van der Waals surface area contributed by atoms with Gasteiger partial charge in [-0.2, -0.15) is 13.2 Å². The standard InChI is InChI=1S/C14H11F3N2O/c15-14(16,17)9-2-6-11-8(7-9)1-5-12(19-11)13(20)18-10-3-4-10/h1-2,5-7,10H,3-4H2,(H,18,20). The molecule has 104 valence electrons. The van der Waals surface area contributed by atoms with E-state index in [1.807, 2.05) is 0 Å². The molecule has 3 nitrogen and oxygen atoms in total. The molecule has 1 N–H and O–H groups in total. The molecule has 3 rings (SSSR count). The van der Waals surface area contributed by atoms with Gasteiger partial charge in [0.15, 0.2) is 0 Å². The SMILES string of the molecule is O=C(NC1CC1)c1ccc2cc(C(F)(F)F)ccc2n1. The molecule has 1 saturated carbocycles. The van der Waals surface area contributed by atoms with Crippen molar-refractivity contribution in [3.8, 4) is 0 Å². The van der Waals surface area contributed by atoms with Crippen molar-refractivity contribution in [2.24, 2.45) is 0 Å². The van der Waals surface area contributed by atoms with Gasteiger partial charge in [0.2, 0.25) is 0 Å². The largest absolute Gasteiger partial charge is 0.416 e. The normalized spacial score (nSPS) is 15.3. The van der Waals surface area contributed by atoms with Crippen LogP contribution < -0.4 is 5.32 Å². The molecule has 1 aromatic carbocycles. The first-order valence-electron chi connectivity index (χ1n) is 6.22. The van der Waals surface area contributed by atoms with Gasteiger partial charge in [-0.05, 0) is 37.1 Å². The van der Waals surface area contributed by atoms with E-state index in [9.17, 15) is 18.0 Å². The summed E-state index contributed by atoms with van der Waals surface area (Å²) in [7, 11) is 0. The molecule has 1 aliphatic rings. The molecule has 2 aromatic rings. The van der Waals surface area contributed by atoms with Crippen LogP contribution in [0.25, 0.3) is 10.9 Å². The molecular formula is C14H11F3N2O. The van der Waals surface area contributed by atoms with E-state index in [4.69, 9.17) is 0 Å². The van der Waals surface area contributed by atoms with Gasteiger partial charge in [-0.1, -0.05) is 6.07 Å². The fourth-order valence-electron chi connectivity index (χ4n) is 1.92. The van der Waals surface area contributed by atoms with Crippen molar-refractivity contribution in [1.82, 2.24) is 10.3 Å². The predicted octanol–water partition coefficient (Wildman–Crippen LogP) is 3.15. The lowest BCUT2D eigenvalue weighted by atomic mass is 10.1. The molecule has 1 heterocycles. The van der Waals surface area contributed by atoms with Gasteiger partial charge in [-0.25, -0.2) is 4.98 Å². The third-order valence-electron chi connectivity index (χ3n) is 3.16. The number of carbonyl (C=O) groups is 1. The minimum Gasteiger partial charge on any atom is -0.348 e. The highest BCUT2D eigenvalue weighted by atomic mass is 19.4. The number of nitrogens with zero attached hydrogens (tertiary/aromatic N) is 1.